The third kappa shape index (κ3) is 4.44. The minimum atomic E-state index is -0.462. The number of rotatable bonds is 7. The molecular formula is C24H25ClFN7OS. The molecule has 2 heterocycles. The van der Waals surface area contributed by atoms with Crippen molar-refractivity contribution < 1.29 is 9.18 Å². The molecule has 0 aliphatic heterocycles. The van der Waals surface area contributed by atoms with Gasteiger partial charge in [-0.3, -0.25) is 9.89 Å². The van der Waals surface area contributed by atoms with Gasteiger partial charge in [0.25, 0.3) is 5.91 Å². The topological polar surface area (TPSA) is 118 Å². The Bertz CT molecular complexity index is 1450. The summed E-state index contributed by atoms with van der Waals surface area (Å²) in [5, 5.41) is 12.8. The number of hydrogen-bond donors (Lipinski definition) is 4. The summed E-state index contributed by atoms with van der Waals surface area (Å²) in [6.45, 7) is 1.90. The average molecular weight is 514 g/mol. The maximum absolute atomic E-state index is 14.7. The molecule has 1 saturated carbocycles. The van der Waals surface area contributed by atoms with E-state index in [-0.39, 0.29) is 24.1 Å². The molecule has 1 fully saturated rings. The van der Waals surface area contributed by atoms with Crippen LogP contribution in [0.5, 0.6) is 0 Å². The number of aromatic amines is 1. The minimum Gasteiger partial charge on any atom is -0.397 e. The molecule has 0 unspecified atom stereocenters. The smallest absolute Gasteiger partial charge is 0.268 e. The first-order valence-corrected chi connectivity index (χ1v) is 12.3. The molecule has 35 heavy (non-hydrogen) atoms. The highest BCUT2D eigenvalue weighted by Crippen LogP contribution is 2.37. The molecule has 2 aromatic carbocycles. The first-order chi connectivity index (χ1) is 16.7. The van der Waals surface area contributed by atoms with Crippen molar-refractivity contribution in [2.24, 2.45) is 12.9 Å². The van der Waals surface area contributed by atoms with Crippen molar-refractivity contribution in [3.8, 4) is 0 Å². The van der Waals surface area contributed by atoms with Crippen molar-refractivity contribution in [3.63, 3.8) is 0 Å². The predicted octanol–water partition coefficient (Wildman–Crippen LogP) is 4.51. The number of benzene rings is 2. The zero-order valence-electron chi connectivity index (χ0n) is 19.2. The molecule has 0 spiro atoms. The monoisotopic (exact) mass is 513 g/mol. The number of fused-ring (bicyclic) bond motifs is 1. The van der Waals surface area contributed by atoms with Crippen LogP contribution >= 0.6 is 23.4 Å². The van der Waals surface area contributed by atoms with Crippen LogP contribution in [0, 0.1) is 12.7 Å². The molecule has 4 aromatic rings. The number of amides is 1. The van der Waals surface area contributed by atoms with Crippen LogP contribution in [0.2, 0.25) is 5.02 Å². The molecule has 0 saturated heterocycles. The normalized spacial score (nSPS) is 13.4. The van der Waals surface area contributed by atoms with Gasteiger partial charge in [-0.2, -0.15) is 5.10 Å². The molecule has 5 rings (SSSR count). The lowest BCUT2D eigenvalue weighted by atomic mass is 10.1. The Kier molecular flexibility index (Phi) is 6.12. The molecule has 1 amide bonds. The molecule has 182 valence electrons. The number of aromatic nitrogens is 3. The van der Waals surface area contributed by atoms with Gasteiger partial charge >= 0.3 is 0 Å². The lowest BCUT2D eigenvalue weighted by Crippen LogP contribution is -2.36. The molecule has 2 aromatic heterocycles. The SMILES string of the molecule is Cc1c(Sc2cc(Cl)c3[nH]ncc3c2)cc(C(=O)NCc2c(F)ccc(N)c2N(N)C2CC2)n1C. The van der Waals surface area contributed by atoms with Crippen LogP contribution < -0.4 is 21.9 Å². The van der Waals surface area contributed by atoms with Gasteiger partial charge in [0.1, 0.15) is 11.5 Å². The van der Waals surface area contributed by atoms with Crippen LogP contribution in [0.4, 0.5) is 15.8 Å². The second kappa shape index (κ2) is 9.10. The number of nitrogens with zero attached hydrogens (tertiary/aromatic N) is 3. The van der Waals surface area contributed by atoms with Crippen LogP contribution in [0.25, 0.3) is 10.9 Å². The van der Waals surface area contributed by atoms with E-state index in [0.717, 1.165) is 39.2 Å². The van der Waals surface area contributed by atoms with Crippen molar-refractivity contribution in [2.45, 2.75) is 42.1 Å². The Morgan fingerprint density at radius 2 is 2.14 bits per heavy atom. The number of hydrogen-bond acceptors (Lipinski definition) is 6. The highest BCUT2D eigenvalue weighted by Gasteiger charge is 2.31. The highest BCUT2D eigenvalue weighted by atomic mass is 35.5. The number of H-pyrrole nitrogens is 1. The maximum atomic E-state index is 14.7. The van der Waals surface area contributed by atoms with E-state index in [1.54, 1.807) is 6.20 Å². The van der Waals surface area contributed by atoms with Gasteiger partial charge < -0.3 is 20.6 Å². The maximum Gasteiger partial charge on any atom is 0.268 e. The van der Waals surface area contributed by atoms with Crippen LogP contribution in [0.1, 0.15) is 34.6 Å². The number of nitrogens with two attached hydrogens (primary N) is 2. The summed E-state index contributed by atoms with van der Waals surface area (Å²) in [7, 11) is 1.82. The Balaban J connectivity index is 1.36. The van der Waals surface area contributed by atoms with Gasteiger partial charge in [-0.1, -0.05) is 23.4 Å². The zero-order chi connectivity index (χ0) is 24.9. The molecule has 0 radical (unpaired) electrons. The van der Waals surface area contributed by atoms with Crippen molar-refractivity contribution in [2.75, 3.05) is 10.7 Å². The van der Waals surface area contributed by atoms with E-state index in [9.17, 15) is 9.18 Å². The van der Waals surface area contributed by atoms with Crippen molar-refractivity contribution in [3.05, 3.63) is 64.3 Å². The summed E-state index contributed by atoms with van der Waals surface area (Å²) in [6, 6.07) is 8.60. The van der Waals surface area contributed by atoms with Crippen LogP contribution in [0.15, 0.2) is 46.3 Å². The Morgan fingerprint density at radius 1 is 1.37 bits per heavy atom. The second-order valence-electron chi connectivity index (χ2n) is 8.66. The molecule has 1 aliphatic carbocycles. The summed E-state index contributed by atoms with van der Waals surface area (Å²) in [4.78, 5) is 14.9. The van der Waals surface area contributed by atoms with Gasteiger partial charge in [-0.25, -0.2) is 10.2 Å². The van der Waals surface area contributed by atoms with Gasteiger partial charge in [0.2, 0.25) is 0 Å². The van der Waals surface area contributed by atoms with E-state index in [1.165, 1.54) is 28.9 Å². The van der Waals surface area contributed by atoms with E-state index >= 15 is 0 Å². The molecule has 0 bridgehead atoms. The van der Waals surface area contributed by atoms with Crippen molar-refractivity contribution >= 4 is 51.5 Å². The van der Waals surface area contributed by atoms with Crippen molar-refractivity contribution in [1.29, 1.82) is 0 Å². The fraction of sp³-hybridized carbons (Fsp3) is 0.250. The van der Waals surface area contributed by atoms with Crippen LogP contribution in [-0.4, -0.2) is 26.7 Å². The quantitative estimate of drug-likeness (QED) is 0.164. The molecular weight excluding hydrogens is 489 g/mol. The molecule has 8 nitrogen and oxygen atoms in total. The summed E-state index contributed by atoms with van der Waals surface area (Å²) >= 11 is 7.88. The van der Waals surface area contributed by atoms with Crippen molar-refractivity contribution in [1.82, 2.24) is 20.1 Å². The number of carbonyl (C=O) groups excluding carboxylic acids is 1. The highest BCUT2D eigenvalue weighted by molar-refractivity contribution is 7.99. The number of carbonyl (C=O) groups is 1. The lowest BCUT2D eigenvalue weighted by molar-refractivity contribution is 0.0942. The number of halogens is 2. The van der Waals surface area contributed by atoms with E-state index < -0.39 is 5.82 Å². The Hall–Kier alpha value is -3.21. The molecule has 0 atom stereocenters. The Labute approximate surface area is 210 Å². The van der Waals surface area contributed by atoms with Crippen LogP contribution in [0.3, 0.4) is 0 Å². The van der Waals surface area contributed by atoms with E-state index in [2.05, 4.69) is 15.5 Å². The number of nitrogen functional groups attached to an aromatic ring is 1. The fourth-order valence-electron chi connectivity index (χ4n) is 4.06. The van der Waals surface area contributed by atoms with Gasteiger partial charge in [0.05, 0.1) is 28.1 Å². The third-order valence-electron chi connectivity index (χ3n) is 6.30. The van der Waals surface area contributed by atoms with Gasteiger partial charge in [0.15, 0.2) is 0 Å². The van der Waals surface area contributed by atoms with Crippen LogP contribution in [-0.2, 0) is 13.6 Å². The molecule has 1 aliphatic rings. The summed E-state index contributed by atoms with van der Waals surface area (Å²) < 4.78 is 16.5. The fourth-order valence-corrected chi connectivity index (χ4v) is 5.47. The zero-order valence-corrected chi connectivity index (χ0v) is 20.8. The van der Waals surface area contributed by atoms with Gasteiger partial charge in [-0.05, 0) is 50.1 Å². The molecule has 6 N–H and O–H groups in total. The summed E-state index contributed by atoms with van der Waals surface area (Å²) in [5.41, 5.74) is 9.35. The summed E-state index contributed by atoms with van der Waals surface area (Å²) in [5.74, 6) is 5.41. The third-order valence-corrected chi connectivity index (χ3v) is 7.71. The largest absolute Gasteiger partial charge is 0.397 e. The van der Waals surface area contributed by atoms with Gasteiger partial charge in [-0.15, -0.1) is 0 Å². The Morgan fingerprint density at radius 3 is 2.89 bits per heavy atom. The number of anilines is 2. The van der Waals surface area contributed by atoms with Gasteiger partial charge in [0, 0.05) is 46.1 Å². The summed E-state index contributed by atoms with van der Waals surface area (Å²) in [6.07, 6.45) is 3.58. The molecule has 11 heteroatoms. The lowest BCUT2D eigenvalue weighted by Gasteiger charge is -2.24. The first kappa shape index (κ1) is 23.5. The van der Waals surface area contributed by atoms with E-state index in [1.807, 2.05) is 36.7 Å². The number of nitrogens with one attached hydrogen (secondary N) is 2. The first-order valence-electron chi connectivity index (χ1n) is 11.1. The average Bonchev–Trinajstić information content (AvgIpc) is 3.51. The van der Waals surface area contributed by atoms with E-state index in [4.69, 9.17) is 23.2 Å². The number of hydrazine groups is 1. The standard InChI is InChI=1S/C24H25ClFN7OS/c1-12-21(35-15-7-13-10-30-31-22(13)17(25)8-15)9-20(32(12)2)24(34)29-11-16-18(26)5-6-19(27)23(16)33(28)14-3-4-14/h5-10,14H,3-4,11,27-28H2,1-2H3,(H,29,34)(H,30,31). The predicted molar refractivity (Wildman–Crippen MR) is 137 cm³/mol. The minimum absolute atomic E-state index is 0.0368. The second-order valence-corrected chi connectivity index (χ2v) is 10.2. The van der Waals surface area contributed by atoms with E-state index in [0.29, 0.717) is 22.1 Å².